The zero-order chi connectivity index (χ0) is 23.3. The summed E-state index contributed by atoms with van der Waals surface area (Å²) in [5.74, 6) is -2.40. The highest BCUT2D eigenvalue weighted by molar-refractivity contribution is 6.00. The molecule has 2 aromatic rings. The van der Waals surface area contributed by atoms with Gasteiger partial charge in [0.2, 0.25) is 5.91 Å². The lowest BCUT2D eigenvalue weighted by molar-refractivity contribution is -0.130. The largest absolute Gasteiger partial charge is 0.465 e. The topological polar surface area (TPSA) is 127 Å². The molecule has 166 valence electrons. The molecule has 0 aliphatic rings. The highest BCUT2D eigenvalue weighted by Crippen LogP contribution is 2.20. The number of rotatable bonds is 7. The summed E-state index contributed by atoms with van der Waals surface area (Å²) >= 11 is 0. The number of benzene rings is 1. The van der Waals surface area contributed by atoms with Gasteiger partial charge in [0.15, 0.2) is 6.10 Å². The van der Waals surface area contributed by atoms with Crippen molar-refractivity contribution in [1.82, 2.24) is 10.3 Å². The fraction of sp³-hybridized carbons (Fsp3) is 0.364. The minimum atomic E-state index is -1.15. The lowest BCUT2D eigenvalue weighted by Crippen LogP contribution is -2.40. The second kappa shape index (κ2) is 9.92. The van der Waals surface area contributed by atoms with Gasteiger partial charge in [0, 0.05) is 11.4 Å². The Morgan fingerprint density at radius 1 is 1.03 bits per heavy atom. The fourth-order valence-electron chi connectivity index (χ4n) is 3.14. The number of esters is 2. The number of anilines is 1. The molecule has 0 bridgehead atoms. The van der Waals surface area contributed by atoms with Crippen LogP contribution < -0.4 is 10.6 Å². The summed E-state index contributed by atoms with van der Waals surface area (Å²) in [5, 5.41) is 5.21. The van der Waals surface area contributed by atoms with Crippen molar-refractivity contribution in [2.75, 3.05) is 19.0 Å². The van der Waals surface area contributed by atoms with E-state index in [2.05, 4.69) is 15.6 Å². The molecule has 1 unspecified atom stereocenters. The predicted octanol–water partition coefficient (Wildman–Crippen LogP) is 2.34. The predicted molar refractivity (Wildman–Crippen MR) is 114 cm³/mol. The summed E-state index contributed by atoms with van der Waals surface area (Å²) in [4.78, 5) is 51.5. The molecule has 9 nitrogen and oxygen atoms in total. The normalized spacial score (nSPS) is 11.4. The minimum Gasteiger partial charge on any atom is -0.465 e. The highest BCUT2D eigenvalue weighted by Gasteiger charge is 2.26. The summed E-state index contributed by atoms with van der Waals surface area (Å²) in [7, 11) is 1.25. The standard InChI is InChI=1S/C22H27N3O6/c1-11-8-7-9-12(2)18(11)25-16(26)10-23-20(27)15(5)31-22(29)19-13(3)17(14(4)24-19)21(28)30-6/h7-9,15,24H,10H2,1-6H3,(H,23,27)(H,25,26). The first kappa shape index (κ1) is 23.7. The number of ether oxygens (including phenoxy) is 2. The average Bonchev–Trinajstić information content (AvgIpc) is 3.02. The van der Waals surface area contributed by atoms with Crippen molar-refractivity contribution in [2.24, 2.45) is 0 Å². The van der Waals surface area contributed by atoms with Gasteiger partial charge in [-0.3, -0.25) is 9.59 Å². The van der Waals surface area contributed by atoms with E-state index in [1.165, 1.54) is 14.0 Å². The number of methoxy groups -OCH3 is 1. The Bertz CT molecular complexity index is 1000. The SMILES string of the molecule is COC(=O)c1c(C)[nH]c(C(=O)OC(C)C(=O)NCC(=O)Nc2c(C)cccc2C)c1C. The zero-order valence-corrected chi connectivity index (χ0v) is 18.5. The first-order valence-corrected chi connectivity index (χ1v) is 9.69. The number of hydrogen-bond donors (Lipinski definition) is 3. The van der Waals surface area contributed by atoms with Crippen molar-refractivity contribution in [3.05, 3.63) is 51.8 Å². The van der Waals surface area contributed by atoms with E-state index < -0.39 is 29.9 Å². The first-order valence-electron chi connectivity index (χ1n) is 9.69. The van der Waals surface area contributed by atoms with E-state index in [1.54, 1.807) is 13.8 Å². The number of aryl methyl sites for hydroxylation is 3. The number of amides is 2. The Morgan fingerprint density at radius 2 is 1.65 bits per heavy atom. The summed E-state index contributed by atoms with van der Waals surface area (Å²) in [5.41, 5.74) is 3.64. The third-order valence-electron chi connectivity index (χ3n) is 4.85. The Balaban J connectivity index is 1.95. The molecule has 0 aliphatic heterocycles. The maximum absolute atomic E-state index is 12.4. The van der Waals surface area contributed by atoms with Crippen LogP contribution in [-0.4, -0.2) is 48.5 Å². The molecule has 2 amide bonds. The lowest BCUT2D eigenvalue weighted by atomic mass is 10.1. The summed E-state index contributed by atoms with van der Waals surface area (Å²) in [6.07, 6.45) is -1.15. The van der Waals surface area contributed by atoms with Gasteiger partial charge in [-0.25, -0.2) is 9.59 Å². The molecule has 3 N–H and O–H groups in total. The molecule has 1 atom stereocenters. The van der Waals surface area contributed by atoms with E-state index >= 15 is 0 Å². The molecule has 9 heteroatoms. The second-order valence-corrected chi connectivity index (χ2v) is 7.20. The first-order chi connectivity index (χ1) is 14.6. The smallest absolute Gasteiger partial charge is 0.355 e. The number of carbonyl (C=O) groups is 4. The average molecular weight is 429 g/mol. The number of H-pyrrole nitrogens is 1. The fourth-order valence-corrected chi connectivity index (χ4v) is 3.14. The van der Waals surface area contributed by atoms with E-state index in [0.29, 0.717) is 16.9 Å². The van der Waals surface area contributed by atoms with Crippen LogP contribution in [0.4, 0.5) is 5.69 Å². The number of para-hydroxylation sites is 1. The molecule has 0 fully saturated rings. The molecule has 0 aliphatic carbocycles. The van der Waals surface area contributed by atoms with E-state index in [1.807, 2.05) is 32.0 Å². The van der Waals surface area contributed by atoms with Gasteiger partial charge in [0.05, 0.1) is 19.2 Å². The van der Waals surface area contributed by atoms with Gasteiger partial charge in [-0.15, -0.1) is 0 Å². The van der Waals surface area contributed by atoms with Gasteiger partial charge in [-0.1, -0.05) is 18.2 Å². The van der Waals surface area contributed by atoms with Crippen LogP contribution in [0.5, 0.6) is 0 Å². The van der Waals surface area contributed by atoms with Crippen LogP contribution in [0, 0.1) is 27.7 Å². The lowest BCUT2D eigenvalue weighted by Gasteiger charge is -2.14. The third-order valence-corrected chi connectivity index (χ3v) is 4.85. The van der Waals surface area contributed by atoms with Gasteiger partial charge in [-0.05, 0) is 51.3 Å². The molecular formula is C22H27N3O6. The van der Waals surface area contributed by atoms with E-state index in [9.17, 15) is 19.2 Å². The Kier molecular flexibility index (Phi) is 7.57. The summed E-state index contributed by atoms with van der Waals surface area (Å²) in [6.45, 7) is 8.07. The monoisotopic (exact) mass is 429 g/mol. The number of hydrogen-bond acceptors (Lipinski definition) is 6. The third kappa shape index (κ3) is 5.50. The Morgan fingerprint density at radius 3 is 2.23 bits per heavy atom. The van der Waals surface area contributed by atoms with Crippen LogP contribution in [0.2, 0.25) is 0 Å². The Hall–Kier alpha value is -3.62. The molecule has 1 heterocycles. The molecule has 0 spiro atoms. The van der Waals surface area contributed by atoms with Gasteiger partial charge in [0.1, 0.15) is 5.69 Å². The van der Waals surface area contributed by atoms with Crippen LogP contribution in [0.1, 0.15) is 50.2 Å². The molecular weight excluding hydrogens is 402 g/mol. The van der Waals surface area contributed by atoms with Gasteiger partial charge >= 0.3 is 11.9 Å². The zero-order valence-electron chi connectivity index (χ0n) is 18.5. The number of carbonyl (C=O) groups excluding carboxylic acids is 4. The molecule has 1 aromatic carbocycles. The minimum absolute atomic E-state index is 0.0605. The van der Waals surface area contributed by atoms with Crippen molar-refractivity contribution in [1.29, 1.82) is 0 Å². The molecule has 0 radical (unpaired) electrons. The number of nitrogens with one attached hydrogen (secondary N) is 3. The quantitative estimate of drug-likeness (QED) is 0.580. The maximum Gasteiger partial charge on any atom is 0.355 e. The molecule has 2 rings (SSSR count). The summed E-state index contributed by atoms with van der Waals surface area (Å²) in [6, 6.07) is 5.64. The van der Waals surface area contributed by atoms with E-state index in [4.69, 9.17) is 9.47 Å². The van der Waals surface area contributed by atoms with E-state index in [0.717, 1.165) is 11.1 Å². The van der Waals surface area contributed by atoms with Crippen molar-refractivity contribution < 1.29 is 28.7 Å². The molecule has 0 saturated carbocycles. The van der Waals surface area contributed by atoms with Crippen LogP contribution in [0.25, 0.3) is 0 Å². The van der Waals surface area contributed by atoms with Crippen molar-refractivity contribution in [3.63, 3.8) is 0 Å². The van der Waals surface area contributed by atoms with Gasteiger partial charge < -0.3 is 25.1 Å². The molecule has 0 saturated heterocycles. The van der Waals surface area contributed by atoms with Crippen LogP contribution in [0.3, 0.4) is 0 Å². The van der Waals surface area contributed by atoms with E-state index in [-0.39, 0.29) is 17.8 Å². The van der Waals surface area contributed by atoms with Crippen LogP contribution in [-0.2, 0) is 19.1 Å². The van der Waals surface area contributed by atoms with Gasteiger partial charge in [0.25, 0.3) is 5.91 Å². The van der Waals surface area contributed by atoms with Crippen LogP contribution >= 0.6 is 0 Å². The highest BCUT2D eigenvalue weighted by atomic mass is 16.5. The Labute approximate surface area is 180 Å². The van der Waals surface area contributed by atoms with Crippen molar-refractivity contribution in [3.8, 4) is 0 Å². The molecule has 31 heavy (non-hydrogen) atoms. The number of aromatic amines is 1. The molecule has 1 aromatic heterocycles. The second-order valence-electron chi connectivity index (χ2n) is 7.20. The summed E-state index contributed by atoms with van der Waals surface area (Å²) < 4.78 is 9.89. The number of aromatic nitrogens is 1. The van der Waals surface area contributed by atoms with Crippen molar-refractivity contribution in [2.45, 2.75) is 40.7 Å². The van der Waals surface area contributed by atoms with Crippen LogP contribution in [0.15, 0.2) is 18.2 Å². The van der Waals surface area contributed by atoms with Crippen molar-refractivity contribution >= 4 is 29.4 Å². The van der Waals surface area contributed by atoms with Gasteiger partial charge in [-0.2, -0.15) is 0 Å². The maximum atomic E-state index is 12.4.